The van der Waals surface area contributed by atoms with Gasteiger partial charge in [-0.2, -0.15) is 15.4 Å². The number of fused-ring (bicyclic) bond motifs is 1. The lowest BCUT2D eigenvalue weighted by Crippen LogP contribution is -2.13. The van der Waals surface area contributed by atoms with Crippen LogP contribution in [0.25, 0.3) is 11.0 Å². The largest absolute Gasteiger partial charge is 0.495 e. The lowest BCUT2D eigenvalue weighted by molar-refractivity contribution is 0.102. The Morgan fingerprint density at radius 2 is 2.10 bits per heavy atom. The van der Waals surface area contributed by atoms with Crippen LogP contribution in [0.15, 0.2) is 40.9 Å². The Bertz CT molecular complexity index is 816. The quantitative estimate of drug-likeness (QED) is 0.763. The molecular weight excluding hydrogens is 336 g/mol. The summed E-state index contributed by atoms with van der Waals surface area (Å²) in [4.78, 5) is 12.5. The maximum absolute atomic E-state index is 12.5. The summed E-state index contributed by atoms with van der Waals surface area (Å²) in [7, 11) is 1.56. The molecule has 3 rings (SSSR count). The van der Waals surface area contributed by atoms with Crippen LogP contribution in [0.1, 0.15) is 10.4 Å². The van der Waals surface area contributed by atoms with Crippen LogP contribution in [0.4, 0.5) is 5.69 Å². The van der Waals surface area contributed by atoms with E-state index in [1.807, 2.05) is 12.1 Å². The number of aromatic amines is 1. The molecule has 0 saturated carbocycles. The molecule has 0 aliphatic rings. The minimum atomic E-state index is -0.278. The lowest BCUT2D eigenvalue weighted by Gasteiger charge is -2.10. The Labute approximate surface area is 128 Å². The van der Waals surface area contributed by atoms with Gasteiger partial charge in [0.2, 0.25) is 0 Å². The number of hydrogen-bond acceptors (Lipinski definition) is 4. The molecule has 0 fully saturated rings. The number of hydrogen-bond donors (Lipinski definition) is 2. The van der Waals surface area contributed by atoms with Crippen LogP contribution < -0.4 is 10.1 Å². The molecule has 0 unspecified atom stereocenters. The molecule has 106 valence electrons. The fraction of sp³-hybridized carbons (Fsp3) is 0.0714. The molecule has 21 heavy (non-hydrogen) atoms. The van der Waals surface area contributed by atoms with Gasteiger partial charge in [0.1, 0.15) is 16.8 Å². The second-order valence-corrected chi connectivity index (χ2v) is 5.21. The van der Waals surface area contributed by atoms with Gasteiger partial charge in [0.05, 0.1) is 18.4 Å². The molecule has 0 atom stereocenters. The molecule has 6 nitrogen and oxygen atoms in total. The number of H-pyrrole nitrogens is 1. The first-order valence-electron chi connectivity index (χ1n) is 6.13. The number of ether oxygens (including phenoxy) is 1. The number of methoxy groups -OCH3 is 1. The van der Waals surface area contributed by atoms with E-state index in [2.05, 4.69) is 36.7 Å². The van der Waals surface area contributed by atoms with Crippen molar-refractivity contribution >= 4 is 38.6 Å². The zero-order valence-electron chi connectivity index (χ0n) is 11.1. The highest BCUT2D eigenvalue weighted by Crippen LogP contribution is 2.26. The van der Waals surface area contributed by atoms with Gasteiger partial charge in [-0.15, -0.1) is 0 Å². The average molecular weight is 347 g/mol. The van der Waals surface area contributed by atoms with Crippen molar-refractivity contribution in [1.29, 1.82) is 0 Å². The fourth-order valence-electron chi connectivity index (χ4n) is 2.03. The predicted molar refractivity (Wildman–Crippen MR) is 82.5 cm³/mol. The maximum Gasteiger partial charge on any atom is 0.258 e. The number of aromatic nitrogens is 3. The Morgan fingerprint density at radius 3 is 2.90 bits per heavy atom. The van der Waals surface area contributed by atoms with Crippen LogP contribution in [0, 0.1) is 0 Å². The van der Waals surface area contributed by atoms with Gasteiger partial charge in [0, 0.05) is 4.47 Å². The first kappa shape index (κ1) is 13.6. The van der Waals surface area contributed by atoms with E-state index in [4.69, 9.17) is 4.74 Å². The minimum Gasteiger partial charge on any atom is -0.495 e. The molecule has 2 aromatic carbocycles. The van der Waals surface area contributed by atoms with Crippen molar-refractivity contribution in [3.8, 4) is 5.75 Å². The van der Waals surface area contributed by atoms with Crippen molar-refractivity contribution in [2.75, 3.05) is 12.4 Å². The van der Waals surface area contributed by atoms with Crippen LogP contribution in [0.3, 0.4) is 0 Å². The standard InChI is InChI=1S/C14H11BrN4O2/c1-21-12-5-3-2-4-10(12)16-14(20)9-6-8(15)7-11-13(9)18-19-17-11/h2-7H,1H3,(H,16,20)(H,17,18,19). The van der Waals surface area contributed by atoms with E-state index in [1.165, 1.54) is 0 Å². The van der Waals surface area contributed by atoms with Gasteiger partial charge in [-0.25, -0.2) is 0 Å². The number of benzene rings is 2. The normalized spacial score (nSPS) is 10.6. The van der Waals surface area contributed by atoms with Crippen LogP contribution in [-0.2, 0) is 0 Å². The zero-order chi connectivity index (χ0) is 14.8. The summed E-state index contributed by atoms with van der Waals surface area (Å²) in [6.45, 7) is 0. The summed E-state index contributed by atoms with van der Waals surface area (Å²) >= 11 is 3.36. The van der Waals surface area contributed by atoms with Gasteiger partial charge in [-0.05, 0) is 24.3 Å². The molecule has 1 aromatic heterocycles. The first-order chi connectivity index (χ1) is 10.2. The molecule has 0 aliphatic carbocycles. The maximum atomic E-state index is 12.5. The molecule has 0 spiro atoms. The number of rotatable bonds is 3. The van der Waals surface area contributed by atoms with E-state index < -0.39 is 0 Å². The van der Waals surface area contributed by atoms with E-state index in [-0.39, 0.29) is 5.91 Å². The molecule has 1 heterocycles. The van der Waals surface area contributed by atoms with E-state index in [0.717, 1.165) is 4.47 Å². The smallest absolute Gasteiger partial charge is 0.258 e. The summed E-state index contributed by atoms with van der Waals surface area (Å²) in [5.74, 6) is 0.317. The van der Waals surface area contributed by atoms with Gasteiger partial charge in [-0.1, -0.05) is 28.1 Å². The SMILES string of the molecule is COc1ccccc1NC(=O)c1cc(Br)cc2n[nH]nc12. The molecule has 0 aliphatic heterocycles. The van der Waals surface area contributed by atoms with Gasteiger partial charge in [0.15, 0.2) is 0 Å². The van der Waals surface area contributed by atoms with Gasteiger partial charge in [-0.3, -0.25) is 4.79 Å². The summed E-state index contributed by atoms with van der Waals surface area (Å²) in [6.07, 6.45) is 0. The third-order valence-electron chi connectivity index (χ3n) is 2.99. The molecule has 1 amide bonds. The second-order valence-electron chi connectivity index (χ2n) is 4.30. The van der Waals surface area contributed by atoms with Crippen molar-refractivity contribution < 1.29 is 9.53 Å². The Morgan fingerprint density at radius 1 is 1.29 bits per heavy atom. The molecule has 0 radical (unpaired) electrons. The second kappa shape index (κ2) is 5.53. The van der Waals surface area contributed by atoms with Crippen molar-refractivity contribution in [2.24, 2.45) is 0 Å². The Kier molecular flexibility index (Phi) is 3.57. The third kappa shape index (κ3) is 2.59. The van der Waals surface area contributed by atoms with Crippen molar-refractivity contribution in [3.05, 3.63) is 46.4 Å². The van der Waals surface area contributed by atoms with E-state index in [9.17, 15) is 4.79 Å². The van der Waals surface area contributed by atoms with E-state index >= 15 is 0 Å². The van der Waals surface area contributed by atoms with Gasteiger partial charge < -0.3 is 10.1 Å². The number of carbonyl (C=O) groups is 1. The highest BCUT2D eigenvalue weighted by atomic mass is 79.9. The van der Waals surface area contributed by atoms with Crippen molar-refractivity contribution in [2.45, 2.75) is 0 Å². The molecule has 3 aromatic rings. The molecular formula is C14H11BrN4O2. The van der Waals surface area contributed by atoms with Crippen molar-refractivity contribution in [1.82, 2.24) is 15.4 Å². The van der Waals surface area contributed by atoms with Crippen LogP contribution in [0.2, 0.25) is 0 Å². The number of nitrogens with one attached hydrogen (secondary N) is 2. The summed E-state index contributed by atoms with van der Waals surface area (Å²) in [6, 6.07) is 10.7. The summed E-state index contributed by atoms with van der Waals surface area (Å²) in [5.41, 5.74) is 2.17. The molecule has 2 N–H and O–H groups in total. The minimum absolute atomic E-state index is 0.278. The van der Waals surface area contributed by atoms with Crippen molar-refractivity contribution in [3.63, 3.8) is 0 Å². The molecule has 0 saturated heterocycles. The van der Waals surface area contributed by atoms with Crippen LogP contribution in [0.5, 0.6) is 5.75 Å². The third-order valence-corrected chi connectivity index (χ3v) is 3.44. The number of para-hydroxylation sites is 2. The molecule has 0 bridgehead atoms. The average Bonchev–Trinajstić information content (AvgIpc) is 2.94. The highest BCUT2D eigenvalue weighted by molar-refractivity contribution is 9.10. The number of carbonyl (C=O) groups excluding carboxylic acids is 1. The zero-order valence-corrected chi connectivity index (χ0v) is 12.6. The summed E-state index contributed by atoms with van der Waals surface area (Å²) in [5, 5.41) is 13.4. The van der Waals surface area contributed by atoms with Gasteiger partial charge >= 0.3 is 0 Å². The Hall–Kier alpha value is -2.41. The molecule has 7 heteroatoms. The van der Waals surface area contributed by atoms with Gasteiger partial charge in [0.25, 0.3) is 5.91 Å². The number of nitrogens with zero attached hydrogens (tertiary/aromatic N) is 2. The number of halogens is 1. The fourth-order valence-corrected chi connectivity index (χ4v) is 2.47. The Balaban J connectivity index is 1.99. The number of anilines is 1. The first-order valence-corrected chi connectivity index (χ1v) is 6.92. The topological polar surface area (TPSA) is 79.9 Å². The summed E-state index contributed by atoms with van der Waals surface area (Å²) < 4.78 is 5.98. The van der Waals surface area contributed by atoms with Crippen LogP contribution in [-0.4, -0.2) is 28.4 Å². The van der Waals surface area contributed by atoms with Crippen LogP contribution >= 0.6 is 15.9 Å². The lowest BCUT2D eigenvalue weighted by atomic mass is 10.1. The predicted octanol–water partition coefficient (Wildman–Crippen LogP) is 2.98. The highest BCUT2D eigenvalue weighted by Gasteiger charge is 2.16. The van der Waals surface area contributed by atoms with E-state index in [0.29, 0.717) is 28.0 Å². The monoisotopic (exact) mass is 346 g/mol. The number of amides is 1. The van der Waals surface area contributed by atoms with E-state index in [1.54, 1.807) is 31.4 Å².